The Morgan fingerprint density at radius 1 is 1.54 bits per heavy atom. The predicted molar refractivity (Wildman–Crippen MR) is 47.7 cm³/mol. The topological polar surface area (TPSA) is 58.6 Å². The van der Waals surface area contributed by atoms with E-state index < -0.39 is 7.82 Å². The lowest BCUT2D eigenvalue weighted by atomic mass is 10.5. The van der Waals surface area contributed by atoms with E-state index in [1.165, 1.54) is 0 Å². The first-order chi connectivity index (χ1) is 5.77. The van der Waals surface area contributed by atoms with Gasteiger partial charge in [-0.15, -0.1) is 0 Å². The minimum atomic E-state index is -4.16. The minimum Gasteiger partial charge on any atom is -0.746 e. The summed E-state index contributed by atoms with van der Waals surface area (Å²) in [6.07, 6.45) is 0.833. The van der Waals surface area contributed by atoms with Gasteiger partial charge in [-0.25, -0.2) is 0 Å². The molecule has 0 aromatic carbocycles. The van der Waals surface area contributed by atoms with Gasteiger partial charge in [-0.05, 0) is 0 Å². The van der Waals surface area contributed by atoms with Crippen molar-refractivity contribution in [2.24, 2.45) is 0 Å². The highest BCUT2D eigenvalue weighted by atomic mass is 31.2. The van der Waals surface area contributed by atoms with E-state index in [4.69, 9.17) is 0 Å². The van der Waals surface area contributed by atoms with Gasteiger partial charge in [0.2, 0.25) is 0 Å². The molecular formula is C7H16NO4P. The highest BCUT2D eigenvalue weighted by molar-refractivity contribution is 7.45. The molecule has 1 atom stereocenters. The van der Waals surface area contributed by atoms with Crippen LogP contribution in [-0.4, -0.2) is 38.8 Å². The number of hydrogen-bond acceptors (Lipinski definition) is 4. The van der Waals surface area contributed by atoms with Gasteiger partial charge < -0.3 is 18.4 Å². The molecule has 6 heteroatoms. The molecule has 0 aromatic heterocycles. The van der Waals surface area contributed by atoms with Crippen LogP contribution in [0.2, 0.25) is 0 Å². The quantitative estimate of drug-likeness (QED) is 0.359. The van der Waals surface area contributed by atoms with Crippen molar-refractivity contribution in [3.05, 3.63) is 12.8 Å². The zero-order valence-electron chi connectivity index (χ0n) is 8.23. The van der Waals surface area contributed by atoms with Crippen LogP contribution in [0.15, 0.2) is 12.8 Å². The van der Waals surface area contributed by atoms with E-state index in [-0.39, 0.29) is 6.61 Å². The molecule has 0 saturated heterocycles. The second kappa shape index (κ2) is 4.77. The number of hydrogen-bond donors (Lipinski definition) is 0. The Balaban J connectivity index is 3.76. The molecule has 0 N–H and O–H groups in total. The third kappa shape index (κ3) is 7.99. The van der Waals surface area contributed by atoms with Crippen LogP contribution < -0.4 is 4.89 Å². The van der Waals surface area contributed by atoms with Crippen LogP contribution in [-0.2, 0) is 13.6 Å². The van der Waals surface area contributed by atoms with Crippen LogP contribution in [0.25, 0.3) is 0 Å². The summed E-state index contributed by atoms with van der Waals surface area (Å²) in [6, 6.07) is 0. The van der Waals surface area contributed by atoms with Crippen molar-refractivity contribution < 1.29 is 23.0 Å². The largest absolute Gasteiger partial charge is 0.746 e. The van der Waals surface area contributed by atoms with E-state index in [2.05, 4.69) is 15.6 Å². The Labute approximate surface area is 78.8 Å². The third-order valence-electron chi connectivity index (χ3n) is 1.22. The first kappa shape index (κ1) is 12.7. The molecule has 0 spiro atoms. The summed E-state index contributed by atoms with van der Waals surface area (Å²) in [5.41, 5.74) is 0. The van der Waals surface area contributed by atoms with Crippen LogP contribution in [0.5, 0.6) is 0 Å². The first-order valence-electron chi connectivity index (χ1n) is 3.82. The van der Waals surface area contributed by atoms with Gasteiger partial charge in [0.05, 0.1) is 27.4 Å². The van der Waals surface area contributed by atoms with E-state index >= 15 is 0 Å². The Kier molecular flexibility index (Phi) is 4.64. The Morgan fingerprint density at radius 2 is 2.08 bits per heavy atom. The molecule has 0 bridgehead atoms. The van der Waals surface area contributed by atoms with Gasteiger partial charge >= 0.3 is 7.82 Å². The molecule has 0 aliphatic heterocycles. The van der Waals surface area contributed by atoms with Gasteiger partial charge in [0, 0.05) is 0 Å². The SMILES string of the molecule is C=COP(=O)([O-])OCC[N+](C)(C)C. The summed E-state index contributed by atoms with van der Waals surface area (Å²) in [6.45, 7) is 3.82. The summed E-state index contributed by atoms with van der Waals surface area (Å²) >= 11 is 0. The van der Waals surface area contributed by atoms with Gasteiger partial charge in [0.25, 0.3) is 0 Å². The number of rotatable bonds is 6. The molecule has 0 rings (SSSR count). The standard InChI is InChI=1S/C7H16NO4P/c1-5-11-13(9,10)12-7-6-8(2,3)4/h5H,1,6-7H2,2-4H3. The normalized spacial score (nSPS) is 16.3. The maximum atomic E-state index is 10.8. The Hall–Kier alpha value is -0.350. The number of phosphoric acid groups is 1. The fraction of sp³-hybridized carbons (Fsp3) is 0.714. The predicted octanol–water partition coefficient (Wildman–Crippen LogP) is 0.338. The van der Waals surface area contributed by atoms with Gasteiger partial charge in [-0.2, -0.15) is 0 Å². The molecule has 0 saturated carbocycles. The zero-order chi connectivity index (χ0) is 10.5. The Bertz CT molecular complexity index is 211. The lowest BCUT2D eigenvalue weighted by Crippen LogP contribution is -2.37. The molecular weight excluding hydrogens is 193 g/mol. The van der Waals surface area contributed by atoms with Crippen LogP contribution >= 0.6 is 7.82 Å². The molecule has 78 valence electrons. The molecule has 5 nitrogen and oxygen atoms in total. The number of phosphoric ester groups is 1. The fourth-order valence-electron chi connectivity index (χ4n) is 0.548. The lowest BCUT2D eigenvalue weighted by Gasteiger charge is -2.26. The van der Waals surface area contributed by atoms with Crippen LogP contribution in [0.3, 0.4) is 0 Å². The monoisotopic (exact) mass is 209 g/mol. The van der Waals surface area contributed by atoms with Gasteiger partial charge in [-0.3, -0.25) is 4.57 Å². The number of quaternary nitrogens is 1. The number of nitrogens with zero attached hydrogens (tertiary/aromatic N) is 1. The van der Waals surface area contributed by atoms with Crippen LogP contribution in [0.4, 0.5) is 0 Å². The van der Waals surface area contributed by atoms with E-state index in [0.29, 0.717) is 11.0 Å². The average molecular weight is 209 g/mol. The summed E-state index contributed by atoms with van der Waals surface area (Å²) in [7, 11) is 1.66. The molecule has 0 aliphatic rings. The zero-order valence-corrected chi connectivity index (χ0v) is 9.12. The number of likely N-dealkylation sites (N-methyl/N-ethyl adjacent to an activating group) is 1. The maximum absolute atomic E-state index is 10.8. The third-order valence-corrected chi connectivity index (χ3v) is 2.12. The summed E-state index contributed by atoms with van der Waals surface area (Å²) in [5.74, 6) is 0. The summed E-state index contributed by atoms with van der Waals surface area (Å²) < 4.78 is 20.2. The van der Waals surface area contributed by atoms with E-state index in [1.54, 1.807) is 0 Å². The van der Waals surface area contributed by atoms with Crippen molar-refractivity contribution >= 4 is 7.82 Å². The molecule has 13 heavy (non-hydrogen) atoms. The Morgan fingerprint density at radius 3 is 2.46 bits per heavy atom. The molecule has 0 amide bonds. The van der Waals surface area contributed by atoms with Crippen LogP contribution in [0.1, 0.15) is 0 Å². The van der Waals surface area contributed by atoms with Gasteiger partial charge in [0.1, 0.15) is 13.2 Å². The second-order valence-electron chi connectivity index (χ2n) is 3.57. The minimum absolute atomic E-state index is 0.109. The van der Waals surface area contributed by atoms with Gasteiger partial charge in [0.15, 0.2) is 0 Å². The van der Waals surface area contributed by atoms with Crippen molar-refractivity contribution in [1.82, 2.24) is 0 Å². The highest BCUT2D eigenvalue weighted by Gasteiger charge is 2.11. The molecule has 0 fully saturated rings. The highest BCUT2D eigenvalue weighted by Crippen LogP contribution is 2.37. The molecule has 0 heterocycles. The van der Waals surface area contributed by atoms with Crippen molar-refractivity contribution in [3.63, 3.8) is 0 Å². The summed E-state index contributed by atoms with van der Waals surface area (Å²) in [4.78, 5) is 10.8. The van der Waals surface area contributed by atoms with Crippen molar-refractivity contribution in [1.29, 1.82) is 0 Å². The smallest absolute Gasteiger partial charge is 0.319 e. The van der Waals surface area contributed by atoms with Crippen molar-refractivity contribution in [2.75, 3.05) is 34.3 Å². The summed E-state index contributed by atoms with van der Waals surface area (Å²) in [5, 5.41) is 0. The molecule has 1 unspecified atom stereocenters. The molecule has 0 aromatic rings. The van der Waals surface area contributed by atoms with Crippen molar-refractivity contribution in [3.8, 4) is 0 Å². The van der Waals surface area contributed by atoms with Gasteiger partial charge in [-0.1, -0.05) is 6.58 Å². The molecule has 0 radical (unpaired) electrons. The lowest BCUT2D eigenvalue weighted by molar-refractivity contribution is -0.870. The molecule has 0 aliphatic carbocycles. The van der Waals surface area contributed by atoms with E-state index in [9.17, 15) is 9.46 Å². The van der Waals surface area contributed by atoms with Crippen LogP contribution in [0, 0.1) is 0 Å². The fourth-order valence-corrected chi connectivity index (χ4v) is 1.10. The maximum Gasteiger partial charge on any atom is 0.319 e. The first-order valence-corrected chi connectivity index (χ1v) is 5.28. The van der Waals surface area contributed by atoms with E-state index in [0.717, 1.165) is 6.26 Å². The van der Waals surface area contributed by atoms with Crippen molar-refractivity contribution in [2.45, 2.75) is 0 Å². The van der Waals surface area contributed by atoms with E-state index in [1.807, 2.05) is 21.1 Å². The second-order valence-corrected chi connectivity index (χ2v) is 4.93. The average Bonchev–Trinajstić information content (AvgIpc) is 1.82.